The maximum atomic E-state index is 12.5. The normalized spacial score (nSPS) is 11.7. The van der Waals surface area contributed by atoms with Gasteiger partial charge in [0.25, 0.3) is 10.0 Å². The summed E-state index contributed by atoms with van der Waals surface area (Å²) >= 11 is 0. The van der Waals surface area contributed by atoms with E-state index in [9.17, 15) is 26.4 Å². The lowest BCUT2D eigenvalue weighted by atomic mass is 10.1. The second kappa shape index (κ2) is 7.87. The molecule has 146 valence electrons. The van der Waals surface area contributed by atoms with Gasteiger partial charge in [0.05, 0.1) is 10.6 Å². The van der Waals surface area contributed by atoms with Crippen LogP contribution < -0.4 is 15.6 Å². The quantitative estimate of drug-likeness (QED) is 0.648. The van der Waals surface area contributed by atoms with Gasteiger partial charge in [-0.1, -0.05) is 19.1 Å². The van der Waals surface area contributed by atoms with Gasteiger partial charge in [-0.3, -0.25) is 20.4 Å². The lowest BCUT2D eigenvalue weighted by Gasteiger charge is -2.13. The van der Waals surface area contributed by atoms with Crippen molar-refractivity contribution in [3.63, 3.8) is 0 Å². The molecule has 0 atom stereocenters. The van der Waals surface area contributed by atoms with Crippen molar-refractivity contribution < 1.29 is 26.4 Å². The van der Waals surface area contributed by atoms with Crippen LogP contribution in [0.25, 0.3) is 0 Å². The van der Waals surface area contributed by atoms with Gasteiger partial charge in [0.2, 0.25) is 0 Å². The number of sulfonamides is 1. The summed E-state index contributed by atoms with van der Waals surface area (Å²) < 4.78 is 63.8. The Morgan fingerprint density at radius 2 is 1.63 bits per heavy atom. The van der Waals surface area contributed by atoms with Gasteiger partial charge >= 0.3 is 12.1 Å². The number of rotatable bonds is 6. The average molecular weight is 401 g/mol. The van der Waals surface area contributed by atoms with Crippen LogP contribution in [-0.4, -0.2) is 20.5 Å². The number of carbonyl (C=O) groups excluding carboxylic acids is 1. The van der Waals surface area contributed by atoms with E-state index in [1.165, 1.54) is 35.8 Å². The minimum atomic E-state index is -5.01. The molecule has 0 radical (unpaired) electrons. The number of alkyl halides is 3. The molecule has 0 bridgehead atoms. The molecule has 0 saturated heterocycles. The molecule has 0 unspecified atom stereocenters. The van der Waals surface area contributed by atoms with Crippen molar-refractivity contribution in [3.05, 3.63) is 53.6 Å². The van der Waals surface area contributed by atoms with E-state index in [0.29, 0.717) is 5.56 Å². The van der Waals surface area contributed by atoms with Crippen molar-refractivity contribution in [3.8, 4) is 0 Å². The fourth-order valence-electron chi connectivity index (χ4n) is 2.26. The van der Waals surface area contributed by atoms with E-state index in [-0.39, 0.29) is 16.3 Å². The van der Waals surface area contributed by atoms with Gasteiger partial charge in [-0.2, -0.15) is 13.2 Å². The third-order valence-corrected chi connectivity index (χ3v) is 5.19. The molecule has 1 amide bonds. The first-order valence-electron chi connectivity index (χ1n) is 7.88. The summed E-state index contributed by atoms with van der Waals surface area (Å²) in [6.45, 7) is 3.66. The van der Waals surface area contributed by atoms with Crippen LogP contribution in [0.5, 0.6) is 0 Å². The number of hydrogen-bond donors (Lipinski definition) is 3. The minimum absolute atomic E-state index is 0.138. The predicted molar refractivity (Wildman–Crippen MR) is 95.6 cm³/mol. The van der Waals surface area contributed by atoms with E-state index in [2.05, 4.69) is 10.1 Å². The molecular weight excluding hydrogens is 383 g/mol. The van der Waals surface area contributed by atoms with Gasteiger partial charge in [-0.25, -0.2) is 8.42 Å². The Bertz CT molecular complexity index is 927. The maximum Gasteiger partial charge on any atom is 0.472 e. The van der Waals surface area contributed by atoms with E-state index in [1.54, 1.807) is 19.1 Å². The summed E-state index contributed by atoms with van der Waals surface area (Å²) in [6, 6.07) is 10.4. The number of nitrogens with one attached hydrogen (secondary N) is 3. The Labute approximate surface area is 154 Å². The Morgan fingerprint density at radius 3 is 2.15 bits per heavy atom. The van der Waals surface area contributed by atoms with E-state index >= 15 is 0 Å². The van der Waals surface area contributed by atoms with Crippen LogP contribution >= 0.6 is 0 Å². The van der Waals surface area contributed by atoms with Crippen molar-refractivity contribution in [2.75, 3.05) is 10.1 Å². The Kier molecular flexibility index (Phi) is 5.99. The number of halogens is 3. The molecule has 3 N–H and O–H groups in total. The highest BCUT2D eigenvalue weighted by Gasteiger charge is 2.38. The first-order chi connectivity index (χ1) is 12.5. The molecule has 6 nitrogen and oxygen atoms in total. The third kappa shape index (κ3) is 5.36. The van der Waals surface area contributed by atoms with E-state index in [1.807, 2.05) is 6.92 Å². The molecular formula is C17H18F3N3O3S. The highest BCUT2D eigenvalue weighted by atomic mass is 32.2. The minimum Gasteiger partial charge on any atom is -0.298 e. The van der Waals surface area contributed by atoms with Crippen molar-refractivity contribution >= 4 is 27.3 Å². The summed E-state index contributed by atoms with van der Waals surface area (Å²) in [6.07, 6.45) is -4.22. The standard InChI is InChI=1S/C17H18F3N3O3S/c1-3-12-4-9-15(11(2)10-12)27(25,26)23-14-7-5-13(6-8-14)21-22-16(24)17(18,19)20/h4-10,21,23H,3H2,1-2H3,(H,22,24). The number of anilines is 2. The number of hydrazine groups is 1. The molecule has 0 aliphatic rings. The number of carbonyl (C=O) groups is 1. The van der Waals surface area contributed by atoms with Crippen molar-refractivity contribution in [2.45, 2.75) is 31.3 Å². The lowest BCUT2D eigenvalue weighted by molar-refractivity contribution is -0.173. The van der Waals surface area contributed by atoms with Gasteiger partial charge < -0.3 is 0 Å². The van der Waals surface area contributed by atoms with Crippen LogP contribution in [0.15, 0.2) is 47.4 Å². The van der Waals surface area contributed by atoms with E-state index in [0.717, 1.165) is 12.0 Å². The van der Waals surface area contributed by atoms with E-state index in [4.69, 9.17) is 0 Å². The van der Waals surface area contributed by atoms with Crippen molar-refractivity contribution in [1.29, 1.82) is 0 Å². The van der Waals surface area contributed by atoms with Gasteiger partial charge in [0, 0.05) is 5.69 Å². The van der Waals surface area contributed by atoms with Gasteiger partial charge in [-0.05, 0) is 54.8 Å². The highest BCUT2D eigenvalue weighted by molar-refractivity contribution is 7.92. The topological polar surface area (TPSA) is 87.3 Å². The Hall–Kier alpha value is -2.75. The summed E-state index contributed by atoms with van der Waals surface area (Å²) in [7, 11) is -3.82. The highest BCUT2D eigenvalue weighted by Crippen LogP contribution is 2.22. The molecule has 0 fully saturated rings. The molecule has 0 saturated carbocycles. The SMILES string of the molecule is CCc1ccc(S(=O)(=O)Nc2ccc(NNC(=O)C(F)(F)F)cc2)c(C)c1. The molecule has 2 rings (SSSR count). The van der Waals surface area contributed by atoms with E-state index < -0.39 is 22.1 Å². The molecule has 27 heavy (non-hydrogen) atoms. The zero-order valence-electron chi connectivity index (χ0n) is 14.5. The van der Waals surface area contributed by atoms with Gasteiger partial charge in [-0.15, -0.1) is 0 Å². The maximum absolute atomic E-state index is 12.5. The largest absolute Gasteiger partial charge is 0.472 e. The van der Waals surface area contributed by atoms with Crippen LogP contribution in [-0.2, 0) is 21.2 Å². The monoisotopic (exact) mass is 401 g/mol. The summed E-state index contributed by atoms with van der Waals surface area (Å²) in [5.41, 5.74) is 5.59. The number of benzene rings is 2. The van der Waals surface area contributed by atoms with Crippen LogP contribution in [0.2, 0.25) is 0 Å². The second-order valence-corrected chi connectivity index (χ2v) is 7.36. The summed E-state index contributed by atoms with van der Waals surface area (Å²) in [5, 5.41) is 0. The lowest BCUT2D eigenvalue weighted by Crippen LogP contribution is -2.40. The molecule has 0 aliphatic heterocycles. The fourth-order valence-corrected chi connectivity index (χ4v) is 3.55. The first kappa shape index (κ1) is 20.6. The molecule has 0 aromatic heterocycles. The van der Waals surface area contributed by atoms with Gasteiger partial charge in [0.1, 0.15) is 0 Å². The smallest absolute Gasteiger partial charge is 0.298 e. The molecule has 2 aromatic carbocycles. The summed E-state index contributed by atoms with van der Waals surface area (Å²) in [4.78, 5) is 10.9. The zero-order chi connectivity index (χ0) is 20.2. The molecule has 0 aliphatic carbocycles. The second-order valence-electron chi connectivity index (χ2n) is 5.71. The Morgan fingerprint density at radius 1 is 1.04 bits per heavy atom. The van der Waals surface area contributed by atoms with Gasteiger partial charge in [0.15, 0.2) is 0 Å². The van der Waals surface area contributed by atoms with Crippen LogP contribution in [0, 0.1) is 6.92 Å². The predicted octanol–water partition coefficient (Wildman–Crippen LogP) is 3.36. The molecule has 0 spiro atoms. The molecule has 2 aromatic rings. The number of amides is 1. The van der Waals surface area contributed by atoms with Crippen molar-refractivity contribution in [2.24, 2.45) is 0 Å². The zero-order valence-corrected chi connectivity index (χ0v) is 15.3. The van der Waals surface area contributed by atoms with Crippen LogP contribution in [0.3, 0.4) is 0 Å². The number of hydrogen-bond acceptors (Lipinski definition) is 4. The third-order valence-electron chi connectivity index (χ3n) is 3.65. The Balaban J connectivity index is 2.08. The van der Waals surface area contributed by atoms with Crippen molar-refractivity contribution in [1.82, 2.24) is 5.43 Å². The fraction of sp³-hybridized carbons (Fsp3) is 0.235. The molecule has 10 heteroatoms. The first-order valence-corrected chi connectivity index (χ1v) is 9.37. The summed E-state index contributed by atoms with van der Waals surface area (Å²) in [5.74, 6) is -2.14. The average Bonchev–Trinajstić information content (AvgIpc) is 2.59. The van der Waals surface area contributed by atoms with Crippen LogP contribution in [0.1, 0.15) is 18.1 Å². The van der Waals surface area contributed by atoms with Crippen LogP contribution in [0.4, 0.5) is 24.5 Å². The molecule has 0 heterocycles. The number of aryl methyl sites for hydroxylation is 2.